The summed E-state index contributed by atoms with van der Waals surface area (Å²) in [7, 11) is 0. The minimum atomic E-state index is -4.70. The van der Waals surface area contributed by atoms with Gasteiger partial charge in [0.05, 0.1) is 35.3 Å². The summed E-state index contributed by atoms with van der Waals surface area (Å²) in [6.45, 7) is -0.796. The number of carbonyl (C=O) groups is 1. The molecule has 1 saturated heterocycles. The van der Waals surface area contributed by atoms with E-state index < -0.39 is 72.1 Å². The standard InChI is InChI=1S/C19H17ClF7N5O2/c20-12-3-10(19(25,26)27)6-28-13(12)8-31-17(34)32-14(16(33)30-2-1-11(21)7-30)4-9(18(22,23)24)5-15(32)29-31/h3,6,9,11,14H,1-2,4-5,7-8H2/t9-,11+,14-/m1/s1. The van der Waals surface area contributed by atoms with E-state index in [1.54, 1.807) is 0 Å². The molecule has 34 heavy (non-hydrogen) atoms. The molecule has 2 aliphatic rings. The third-order valence-corrected chi connectivity index (χ3v) is 6.25. The van der Waals surface area contributed by atoms with Crippen molar-refractivity contribution >= 4 is 17.5 Å². The minimum absolute atomic E-state index is 0.0104. The highest BCUT2D eigenvalue weighted by Crippen LogP contribution is 2.39. The lowest BCUT2D eigenvalue weighted by Crippen LogP contribution is -2.45. The van der Waals surface area contributed by atoms with Gasteiger partial charge in [0, 0.05) is 19.2 Å². The third-order valence-electron chi connectivity index (χ3n) is 5.92. The van der Waals surface area contributed by atoms with Crippen molar-refractivity contribution in [3.05, 3.63) is 44.9 Å². The number of pyridine rings is 1. The first-order valence-corrected chi connectivity index (χ1v) is 10.5. The van der Waals surface area contributed by atoms with Gasteiger partial charge in [-0.1, -0.05) is 11.6 Å². The second-order valence-electron chi connectivity index (χ2n) is 8.24. The molecule has 4 rings (SSSR count). The van der Waals surface area contributed by atoms with Crippen molar-refractivity contribution < 1.29 is 35.5 Å². The Hall–Kier alpha value is -2.64. The maximum atomic E-state index is 13.6. The van der Waals surface area contributed by atoms with E-state index >= 15 is 0 Å². The van der Waals surface area contributed by atoms with E-state index in [9.17, 15) is 40.3 Å². The van der Waals surface area contributed by atoms with Crippen LogP contribution in [0.4, 0.5) is 30.7 Å². The summed E-state index contributed by atoms with van der Waals surface area (Å²) < 4.78 is 94.2. The molecule has 186 valence electrons. The van der Waals surface area contributed by atoms with Gasteiger partial charge in [0.15, 0.2) is 0 Å². The number of halogens is 8. The summed E-state index contributed by atoms with van der Waals surface area (Å²) in [5.41, 5.74) is -2.22. The highest BCUT2D eigenvalue weighted by atomic mass is 35.5. The molecule has 7 nitrogen and oxygen atoms in total. The SMILES string of the molecule is O=C([C@H]1C[C@@H](C(F)(F)F)Cc2nn(Cc3ncc(C(F)(F)F)cc3Cl)c(=O)n21)N1CC[C@H](F)C1. The lowest BCUT2D eigenvalue weighted by molar-refractivity contribution is -0.183. The molecule has 2 aromatic rings. The summed E-state index contributed by atoms with van der Waals surface area (Å²) in [5, 5.41) is 3.48. The Kier molecular flexibility index (Phi) is 6.15. The van der Waals surface area contributed by atoms with E-state index in [1.807, 2.05) is 0 Å². The van der Waals surface area contributed by atoms with Crippen molar-refractivity contribution in [3.63, 3.8) is 0 Å². The quantitative estimate of drug-likeness (QED) is 0.588. The number of carbonyl (C=O) groups excluding carboxylic acids is 1. The van der Waals surface area contributed by atoms with Crippen LogP contribution in [0.15, 0.2) is 17.1 Å². The fourth-order valence-corrected chi connectivity index (χ4v) is 4.39. The van der Waals surface area contributed by atoms with Gasteiger partial charge in [0.1, 0.15) is 18.0 Å². The summed E-state index contributed by atoms with van der Waals surface area (Å²) >= 11 is 5.87. The van der Waals surface area contributed by atoms with E-state index in [0.29, 0.717) is 16.9 Å². The van der Waals surface area contributed by atoms with E-state index in [0.717, 1.165) is 9.47 Å². The van der Waals surface area contributed by atoms with Gasteiger partial charge >= 0.3 is 18.0 Å². The molecular formula is C19H17ClF7N5O2. The Morgan fingerprint density at radius 2 is 1.91 bits per heavy atom. The van der Waals surface area contributed by atoms with Gasteiger partial charge in [0.2, 0.25) is 5.91 Å². The topological polar surface area (TPSA) is 73.0 Å². The fourth-order valence-electron chi connectivity index (χ4n) is 4.17. The Morgan fingerprint density at radius 1 is 1.21 bits per heavy atom. The number of alkyl halides is 7. The number of rotatable bonds is 3. The van der Waals surface area contributed by atoms with Crippen LogP contribution in [0.5, 0.6) is 0 Å². The number of hydrogen-bond donors (Lipinski definition) is 0. The summed E-state index contributed by atoms with van der Waals surface area (Å²) in [4.78, 5) is 30.6. The zero-order valence-electron chi connectivity index (χ0n) is 17.2. The van der Waals surface area contributed by atoms with Crippen LogP contribution < -0.4 is 5.69 Å². The lowest BCUT2D eigenvalue weighted by atomic mass is 9.91. The average Bonchev–Trinajstić information content (AvgIpc) is 3.30. The highest BCUT2D eigenvalue weighted by molar-refractivity contribution is 6.31. The second-order valence-corrected chi connectivity index (χ2v) is 8.65. The molecule has 0 N–H and O–H groups in total. The molecule has 0 bridgehead atoms. The number of fused-ring (bicyclic) bond motifs is 1. The Bertz CT molecular complexity index is 1160. The van der Waals surface area contributed by atoms with Gasteiger partial charge < -0.3 is 4.90 Å². The van der Waals surface area contributed by atoms with Crippen LogP contribution >= 0.6 is 11.6 Å². The van der Waals surface area contributed by atoms with Crippen LogP contribution in [-0.4, -0.2) is 55.6 Å². The number of hydrogen-bond acceptors (Lipinski definition) is 4. The normalized spacial score (nSPS) is 23.3. The largest absolute Gasteiger partial charge is 0.417 e. The van der Waals surface area contributed by atoms with Crippen molar-refractivity contribution in [3.8, 4) is 0 Å². The first kappa shape index (κ1) is 24.5. The molecule has 4 heterocycles. The number of likely N-dealkylation sites (tertiary alicyclic amines) is 1. The predicted octanol–water partition coefficient (Wildman–Crippen LogP) is 3.40. The van der Waals surface area contributed by atoms with E-state index in [4.69, 9.17) is 11.6 Å². The van der Waals surface area contributed by atoms with E-state index in [-0.39, 0.29) is 31.0 Å². The molecule has 0 radical (unpaired) electrons. The van der Waals surface area contributed by atoms with Gasteiger partial charge in [0.25, 0.3) is 0 Å². The summed E-state index contributed by atoms with van der Waals surface area (Å²) in [6.07, 6.45) is -11.5. The highest BCUT2D eigenvalue weighted by Gasteiger charge is 2.48. The summed E-state index contributed by atoms with van der Waals surface area (Å²) in [6, 6.07) is -0.935. The first-order valence-electron chi connectivity index (χ1n) is 10.1. The molecule has 0 spiro atoms. The molecule has 0 aliphatic carbocycles. The molecular weight excluding hydrogens is 499 g/mol. The average molecular weight is 516 g/mol. The molecule has 3 atom stereocenters. The van der Waals surface area contributed by atoms with Crippen molar-refractivity contribution in [2.45, 2.75) is 50.4 Å². The van der Waals surface area contributed by atoms with Crippen LogP contribution in [0.3, 0.4) is 0 Å². The molecule has 1 fully saturated rings. The zero-order chi connectivity index (χ0) is 25.0. The number of nitrogens with zero attached hydrogens (tertiary/aromatic N) is 5. The Balaban J connectivity index is 1.69. The molecule has 15 heteroatoms. The van der Waals surface area contributed by atoms with Crippen molar-refractivity contribution in [2.24, 2.45) is 5.92 Å². The van der Waals surface area contributed by atoms with Crippen LogP contribution in [-0.2, 0) is 23.9 Å². The van der Waals surface area contributed by atoms with Crippen LogP contribution in [0.2, 0.25) is 5.02 Å². The molecule has 2 aromatic heterocycles. The first-order chi connectivity index (χ1) is 15.8. The zero-order valence-corrected chi connectivity index (χ0v) is 18.0. The van der Waals surface area contributed by atoms with Gasteiger partial charge in [-0.2, -0.15) is 31.4 Å². The van der Waals surface area contributed by atoms with Gasteiger partial charge in [-0.3, -0.25) is 14.3 Å². The minimum Gasteiger partial charge on any atom is -0.338 e. The maximum Gasteiger partial charge on any atom is 0.417 e. The summed E-state index contributed by atoms with van der Waals surface area (Å²) in [5.74, 6) is -3.08. The fraction of sp³-hybridized carbons (Fsp3) is 0.579. The molecule has 0 aromatic carbocycles. The second kappa shape index (κ2) is 8.54. The molecule has 0 saturated carbocycles. The smallest absolute Gasteiger partial charge is 0.338 e. The van der Waals surface area contributed by atoms with Gasteiger partial charge in [-0.25, -0.2) is 13.9 Å². The molecule has 0 unspecified atom stereocenters. The van der Waals surface area contributed by atoms with Gasteiger partial charge in [-0.05, 0) is 18.9 Å². The number of amides is 1. The number of aromatic nitrogens is 4. The van der Waals surface area contributed by atoms with E-state index in [1.165, 1.54) is 0 Å². The predicted molar refractivity (Wildman–Crippen MR) is 103 cm³/mol. The van der Waals surface area contributed by atoms with Gasteiger partial charge in [-0.15, -0.1) is 0 Å². The maximum absolute atomic E-state index is 13.6. The Labute approximate surface area is 192 Å². The van der Waals surface area contributed by atoms with Crippen molar-refractivity contribution in [1.82, 2.24) is 24.2 Å². The monoisotopic (exact) mass is 515 g/mol. The van der Waals surface area contributed by atoms with Crippen LogP contribution in [0.25, 0.3) is 0 Å². The third kappa shape index (κ3) is 4.64. The lowest BCUT2D eigenvalue weighted by Gasteiger charge is -2.32. The molecule has 1 amide bonds. The Morgan fingerprint density at radius 3 is 2.47 bits per heavy atom. The molecule has 2 aliphatic heterocycles. The van der Waals surface area contributed by atoms with E-state index in [2.05, 4.69) is 10.1 Å². The van der Waals surface area contributed by atoms with Crippen molar-refractivity contribution in [1.29, 1.82) is 0 Å². The van der Waals surface area contributed by atoms with Crippen molar-refractivity contribution in [2.75, 3.05) is 13.1 Å². The van der Waals surface area contributed by atoms with Crippen LogP contribution in [0, 0.1) is 5.92 Å². The van der Waals surface area contributed by atoms with Crippen LogP contribution in [0.1, 0.15) is 36.0 Å².